The van der Waals surface area contributed by atoms with Crippen molar-refractivity contribution >= 4 is 34.0 Å². The van der Waals surface area contributed by atoms with Crippen LogP contribution in [0.5, 0.6) is 0 Å². The fraction of sp³-hybridized carbons (Fsp3) is 0.143. The SMILES string of the molecule is Cc1ccc(NCc2ccccc2[N+](=O)[O-])cc1I. The zero-order valence-electron chi connectivity index (χ0n) is 10.4. The van der Waals surface area contributed by atoms with Gasteiger partial charge in [0.15, 0.2) is 0 Å². The summed E-state index contributed by atoms with van der Waals surface area (Å²) >= 11 is 2.27. The number of nitro groups is 1. The van der Waals surface area contributed by atoms with Gasteiger partial charge in [0, 0.05) is 27.4 Å². The van der Waals surface area contributed by atoms with Crippen LogP contribution in [0.2, 0.25) is 0 Å². The molecule has 0 bridgehead atoms. The molecule has 5 heteroatoms. The minimum Gasteiger partial charge on any atom is -0.381 e. The van der Waals surface area contributed by atoms with Crippen LogP contribution in [0.1, 0.15) is 11.1 Å². The summed E-state index contributed by atoms with van der Waals surface area (Å²) < 4.78 is 1.17. The minimum atomic E-state index is -0.351. The number of aryl methyl sites for hydroxylation is 1. The Morgan fingerprint density at radius 1 is 1.26 bits per heavy atom. The topological polar surface area (TPSA) is 55.2 Å². The molecule has 0 spiro atoms. The molecule has 0 amide bonds. The van der Waals surface area contributed by atoms with Crippen LogP contribution in [0.25, 0.3) is 0 Å². The summed E-state index contributed by atoms with van der Waals surface area (Å²) in [5.41, 5.74) is 3.02. The van der Waals surface area contributed by atoms with E-state index in [1.54, 1.807) is 12.1 Å². The molecular weight excluding hydrogens is 355 g/mol. The number of hydrogen-bond donors (Lipinski definition) is 1. The quantitative estimate of drug-likeness (QED) is 0.502. The Kier molecular flexibility index (Phi) is 4.36. The molecule has 2 aromatic carbocycles. The van der Waals surface area contributed by atoms with Crippen LogP contribution in [0.3, 0.4) is 0 Å². The summed E-state index contributed by atoms with van der Waals surface area (Å²) in [6.07, 6.45) is 0. The third kappa shape index (κ3) is 3.44. The smallest absolute Gasteiger partial charge is 0.274 e. The van der Waals surface area contributed by atoms with E-state index in [-0.39, 0.29) is 10.6 Å². The number of nitrogens with one attached hydrogen (secondary N) is 1. The number of para-hydroxylation sites is 1. The van der Waals surface area contributed by atoms with Crippen LogP contribution in [-0.4, -0.2) is 4.92 Å². The second-order valence-corrected chi connectivity index (χ2v) is 5.37. The fourth-order valence-corrected chi connectivity index (χ4v) is 2.25. The lowest BCUT2D eigenvalue weighted by Gasteiger charge is -2.08. The highest BCUT2D eigenvalue weighted by Crippen LogP contribution is 2.21. The molecule has 0 unspecified atom stereocenters. The maximum Gasteiger partial charge on any atom is 0.274 e. The maximum atomic E-state index is 10.9. The third-order valence-corrected chi connectivity index (χ3v) is 4.01. The molecule has 0 aliphatic rings. The minimum absolute atomic E-state index is 0.150. The van der Waals surface area contributed by atoms with E-state index < -0.39 is 0 Å². The van der Waals surface area contributed by atoms with Gasteiger partial charge in [-0.15, -0.1) is 0 Å². The van der Waals surface area contributed by atoms with Crippen LogP contribution in [0.4, 0.5) is 11.4 Å². The van der Waals surface area contributed by atoms with Crippen molar-refractivity contribution in [2.75, 3.05) is 5.32 Å². The van der Waals surface area contributed by atoms with Crippen LogP contribution in [0.15, 0.2) is 42.5 Å². The largest absolute Gasteiger partial charge is 0.381 e. The monoisotopic (exact) mass is 368 g/mol. The molecule has 1 N–H and O–H groups in total. The fourth-order valence-electron chi connectivity index (χ4n) is 1.74. The van der Waals surface area contributed by atoms with Gasteiger partial charge >= 0.3 is 0 Å². The van der Waals surface area contributed by atoms with Crippen LogP contribution >= 0.6 is 22.6 Å². The molecule has 19 heavy (non-hydrogen) atoms. The number of anilines is 1. The first-order valence-electron chi connectivity index (χ1n) is 5.80. The lowest BCUT2D eigenvalue weighted by Crippen LogP contribution is -2.03. The Morgan fingerprint density at radius 2 is 2.00 bits per heavy atom. The number of benzene rings is 2. The number of hydrogen-bond acceptors (Lipinski definition) is 3. The van der Waals surface area contributed by atoms with Crippen LogP contribution < -0.4 is 5.32 Å². The van der Waals surface area contributed by atoms with E-state index in [1.807, 2.05) is 31.2 Å². The van der Waals surface area contributed by atoms with Gasteiger partial charge in [-0.2, -0.15) is 0 Å². The molecule has 0 atom stereocenters. The normalized spacial score (nSPS) is 10.2. The summed E-state index contributed by atoms with van der Waals surface area (Å²) in [5.74, 6) is 0. The predicted octanol–water partition coefficient (Wildman–Crippen LogP) is 4.12. The molecule has 4 nitrogen and oxygen atoms in total. The zero-order valence-corrected chi connectivity index (χ0v) is 12.5. The van der Waals surface area contributed by atoms with Gasteiger partial charge in [-0.1, -0.05) is 24.3 Å². The van der Waals surface area contributed by atoms with Crippen LogP contribution in [-0.2, 0) is 6.54 Å². The molecule has 2 aromatic rings. The summed E-state index contributed by atoms with van der Waals surface area (Å²) in [5, 5.41) is 14.1. The van der Waals surface area contributed by atoms with Gasteiger partial charge in [-0.05, 0) is 47.2 Å². The van der Waals surface area contributed by atoms with Gasteiger partial charge in [0.1, 0.15) is 0 Å². The Hall–Kier alpha value is -1.63. The second-order valence-electron chi connectivity index (χ2n) is 4.20. The average molecular weight is 368 g/mol. The third-order valence-electron chi connectivity index (χ3n) is 2.84. The van der Waals surface area contributed by atoms with Crippen molar-refractivity contribution in [1.82, 2.24) is 0 Å². The molecule has 98 valence electrons. The number of halogens is 1. The van der Waals surface area contributed by atoms with Crippen molar-refractivity contribution in [1.29, 1.82) is 0 Å². The summed E-state index contributed by atoms with van der Waals surface area (Å²) in [6, 6.07) is 12.8. The molecule has 2 rings (SSSR count). The molecule has 0 aliphatic heterocycles. The van der Waals surface area contributed by atoms with Crippen molar-refractivity contribution in [2.45, 2.75) is 13.5 Å². The Morgan fingerprint density at radius 3 is 2.68 bits per heavy atom. The first kappa shape index (κ1) is 13.8. The van der Waals surface area contributed by atoms with Crippen molar-refractivity contribution in [3.8, 4) is 0 Å². The summed E-state index contributed by atoms with van der Waals surface area (Å²) in [6.45, 7) is 2.49. The average Bonchev–Trinajstić information content (AvgIpc) is 2.40. The molecule has 0 saturated carbocycles. The van der Waals surface area contributed by atoms with Gasteiger partial charge in [-0.25, -0.2) is 0 Å². The van der Waals surface area contributed by atoms with Gasteiger partial charge in [0.05, 0.1) is 4.92 Å². The predicted molar refractivity (Wildman–Crippen MR) is 84.3 cm³/mol. The van der Waals surface area contributed by atoms with E-state index in [1.165, 1.54) is 15.2 Å². The lowest BCUT2D eigenvalue weighted by atomic mass is 10.1. The molecule has 0 fully saturated rings. The number of nitro benzene ring substituents is 1. The lowest BCUT2D eigenvalue weighted by molar-refractivity contribution is -0.385. The highest BCUT2D eigenvalue weighted by atomic mass is 127. The first-order chi connectivity index (χ1) is 9.08. The second kappa shape index (κ2) is 6.01. The summed E-state index contributed by atoms with van der Waals surface area (Å²) in [4.78, 5) is 10.6. The van der Waals surface area contributed by atoms with Crippen molar-refractivity contribution in [3.63, 3.8) is 0 Å². The van der Waals surface area contributed by atoms with Gasteiger partial charge in [-0.3, -0.25) is 10.1 Å². The zero-order chi connectivity index (χ0) is 13.8. The molecule has 0 aliphatic carbocycles. The Balaban J connectivity index is 2.14. The van der Waals surface area contributed by atoms with E-state index in [4.69, 9.17) is 0 Å². The van der Waals surface area contributed by atoms with E-state index in [2.05, 4.69) is 27.9 Å². The highest BCUT2D eigenvalue weighted by molar-refractivity contribution is 14.1. The first-order valence-corrected chi connectivity index (χ1v) is 6.88. The highest BCUT2D eigenvalue weighted by Gasteiger charge is 2.11. The molecule has 0 saturated heterocycles. The summed E-state index contributed by atoms with van der Waals surface area (Å²) in [7, 11) is 0. The van der Waals surface area contributed by atoms with E-state index >= 15 is 0 Å². The maximum absolute atomic E-state index is 10.9. The molecule has 0 heterocycles. The van der Waals surface area contributed by atoms with E-state index in [0.717, 1.165) is 5.69 Å². The molecule has 0 radical (unpaired) electrons. The van der Waals surface area contributed by atoms with Crippen molar-refractivity contribution < 1.29 is 4.92 Å². The van der Waals surface area contributed by atoms with Gasteiger partial charge < -0.3 is 5.32 Å². The van der Waals surface area contributed by atoms with Crippen molar-refractivity contribution in [3.05, 3.63) is 67.3 Å². The Labute approximate surface area is 125 Å². The molecule has 0 aromatic heterocycles. The van der Waals surface area contributed by atoms with Gasteiger partial charge in [0.2, 0.25) is 0 Å². The van der Waals surface area contributed by atoms with Crippen molar-refractivity contribution in [2.24, 2.45) is 0 Å². The number of rotatable bonds is 4. The number of nitrogens with zero attached hydrogens (tertiary/aromatic N) is 1. The van der Waals surface area contributed by atoms with Gasteiger partial charge in [0.25, 0.3) is 5.69 Å². The molecular formula is C14H13IN2O2. The van der Waals surface area contributed by atoms with E-state index in [9.17, 15) is 10.1 Å². The van der Waals surface area contributed by atoms with Crippen LogP contribution in [0, 0.1) is 20.6 Å². The standard InChI is InChI=1S/C14H13IN2O2/c1-10-6-7-12(8-13(10)15)16-9-11-4-2-3-5-14(11)17(18)19/h2-8,16H,9H2,1H3. The van der Waals surface area contributed by atoms with E-state index in [0.29, 0.717) is 12.1 Å². The Bertz CT molecular complexity index is 614.